The molecular weight excluding hydrogens is 334 g/mol. The van der Waals surface area contributed by atoms with E-state index in [1.165, 1.54) is 21.3 Å². The smallest absolute Gasteiger partial charge is 0.338 e. The van der Waals surface area contributed by atoms with Gasteiger partial charge in [0.05, 0.1) is 32.6 Å². The Hall–Kier alpha value is -1.82. The third kappa shape index (κ3) is 3.64. The van der Waals surface area contributed by atoms with E-state index in [1.807, 2.05) is 6.92 Å². The summed E-state index contributed by atoms with van der Waals surface area (Å²) in [5.41, 5.74) is 1.30. The summed E-state index contributed by atoms with van der Waals surface area (Å²) >= 11 is 0. The lowest BCUT2D eigenvalue weighted by Gasteiger charge is -2.24. The molecule has 0 atom stereocenters. The molecule has 1 aliphatic carbocycles. The predicted molar refractivity (Wildman–Crippen MR) is 95.6 cm³/mol. The van der Waals surface area contributed by atoms with Crippen molar-refractivity contribution in [1.82, 2.24) is 0 Å². The Labute approximate surface area is 148 Å². The Balaban J connectivity index is 0.00000288. The number of hydrogen-bond acceptors (Lipinski definition) is 5. The zero-order valence-corrected chi connectivity index (χ0v) is 15.4. The molecular formula is C17H26ClNO5. The summed E-state index contributed by atoms with van der Waals surface area (Å²) < 4.78 is 16.4. The molecule has 0 saturated heterocycles. The van der Waals surface area contributed by atoms with Gasteiger partial charge in [-0.2, -0.15) is 0 Å². The van der Waals surface area contributed by atoms with Gasteiger partial charge in [0.15, 0.2) is 11.5 Å². The van der Waals surface area contributed by atoms with Crippen molar-refractivity contribution in [2.75, 3.05) is 26.6 Å². The molecule has 0 aromatic heterocycles. The van der Waals surface area contributed by atoms with E-state index in [9.17, 15) is 9.90 Å². The summed E-state index contributed by atoms with van der Waals surface area (Å²) in [6, 6.07) is 0.254. The Kier molecular flexibility index (Phi) is 7.48. The van der Waals surface area contributed by atoms with Crippen molar-refractivity contribution in [2.45, 2.75) is 45.1 Å². The molecule has 2 N–H and O–H groups in total. The van der Waals surface area contributed by atoms with Crippen LogP contribution in [0.5, 0.6) is 17.2 Å². The summed E-state index contributed by atoms with van der Waals surface area (Å²) in [4.78, 5) is 11.9. The number of ether oxygens (including phenoxy) is 3. The quantitative estimate of drug-likeness (QED) is 0.772. The SMILES string of the molecule is CCc1c(OC)c(OC)c(OC)c(NC2CCCC2)c1C(=O)O.Cl. The largest absolute Gasteiger partial charge is 0.492 e. The number of carboxylic acid groups (broad SMARTS) is 1. The lowest BCUT2D eigenvalue weighted by molar-refractivity contribution is 0.0695. The second-order valence-electron chi connectivity index (χ2n) is 5.61. The Morgan fingerprint density at radius 1 is 1.08 bits per heavy atom. The number of nitrogens with one attached hydrogen (secondary N) is 1. The molecule has 136 valence electrons. The first-order valence-corrected chi connectivity index (χ1v) is 7.93. The van der Waals surface area contributed by atoms with Gasteiger partial charge in [0.2, 0.25) is 5.75 Å². The highest BCUT2D eigenvalue weighted by atomic mass is 35.5. The fraction of sp³-hybridized carbons (Fsp3) is 0.588. The van der Waals surface area contributed by atoms with Gasteiger partial charge in [-0.15, -0.1) is 12.4 Å². The maximum absolute atomic E-state index is 11.9. The first-order valence-electron chi connectivity index (χ1n) is 7.93. The number of methoxy groups -OCH3 is 3. The molecule has 0 heterocycles. The lowest BCUT2D eigenvalue weighted by atomic mass is 9.99. The van der Waals surface area contributed by atoms with Crippen LogP contribution in [-0.4, -0.2) is 38.4 Å². The van der Waals surface area contributed by atoms with E-state index in [1.54, 1.807) is 0 Å². The van der Waals surface area contributed by atoms with E-state index in [0.29, 0.717) is 34.9 Å². The minimum Gasteiger partial charge on any atom is -0.492 e. The van der Waals surface area contributed by atoms with Gasteiger partial charge in [-0.1, -0.05) is 19.8 Å². The molecule has 24 heavy (non-hydrogen) atoms. The van der Waals surface area contributed by atoms with Gasteiger partial charge >= 0.3 is 5.97 Å². The van der Waals surface area contributed by atoms with E-state index in [4.69, 9.17) is 14.2 Å². The van der Waals surface area contributed by atoms with Gasteiger partial charge in [0.25, 0.3) is 0 Å². The maximum atomic E-state index is 11.9. The Morgan fingerprint density at radius 2 is 1.62 bits per heavy atom. The number of aromatic carboxylic acids is 1. The molecule has 1 aromatic carbocycles. The van der Waals surface area contributed by atoms with Crippen LogP contribution >= 0.6 is 12.4 Å². The minimum absolute atomic E-state index is 0. The molecule has 2 rings (SSSR count). The molecule has 0 amide bonds. The Morgan fingerprint density at radius 3 is 2.04 bits per heavy atom. The number of carboxylic acids is 1. The summed E-state index contributed by atoms with van der Waals surface area (Å²) in [5.74, 6) is 0.228. The molecule has 7 heteroatoms. The number of carbonyl (C=O) groups is 1. The molecule has 0 unspecified atom stereocenters. The van der Waals surface area contributed by atoms with Gasteiger partial charge in [0.1, 0.15) is 0 Å². The van der Waals surface area contributed by atoms with Gasteiger partial charge in [-0.05, 0) is 19.3 Å². The highest BCUT2D eigenvalue weighted by Gasteiger charge is 2.30. The van der Waals surface area contributed by atoms with E-state index in [0.717, 1.165) is 25.7 Å². The van der Waals surface area contributed by atoms with Crippen molar-refractivity contribution in [3.8, 4) is 17.2 Å². The van der Waals surface area contributed by atoms with Crippen LogP contribution in [0.4, 0.5) is 5.69 Å². The predicted octanol–water partition coefficient (Wildman–Crippen LogP) is 3.75. The van der Waals surface area contributed by atoms with Crippen LogP contribution in [0.1, 0.15) is 48.5 Å². The molecule has 0 bridgehead atoms. The van der Waals surface area contributed by atoms with E-state index >= 15 is 0 Å². The van der Waals surface area contributed by atoms with Crippen molar-refractivity contribution in [3.63, 3.8) is 0 Å². The minimum atomic E-state index is -0.999. The van der Waals surface area contributed by atoms with Crippen molar-refractivity contribution in [2.24, 2.45) is 0 Å². The average molecular weight is 360 g/mol. The van der Waals surface area contributed by atoms with Gasteiger partial charge in [0, 0.05) is 11.6 Å². The third-order valence-corrected chi connectivity index (χ3v) is 4.35. The molecule has 1 aromatic rings. The summed E-state index contributed by atoms with van der Waals surface area (Å²) in [5, 5.41) is 13.1. The van der Waals surface area contributed by atoms with Crippen molar-refractivity contribution in [1.29, 1.82) is 0 Å². The zero-order chi connectivity index (χ0) is 17.0. The molecule has 1 fully saturated rings. The fourth-order valence-corrected chi connectivity index (χ4v) is 3.31. The lowest BCUT2D eigenvalue weighted by Crippen LogP contribution is -2.20. The number of anilines is 1. The summed E-state index contributed by atoms with van der Waals surface area (Å²) in [6.07, 6.45) is 4.87. The molecule has 0 aliphatic heterocycles. The van der Waals surface area contributed by atoms with Crippen molar-refractivity contribution in [3.05, 3.63) is 11.1 Å². The monoisotopic (exact) mass is 359 g/mol. The van der Waals surface area contributed by atoms with Crippen LogP contribution in [0.3, 0.4) is 0 Å². The van der Waals surface area contributed by atoms with E-state index in [2.05, 4.69) is 5.32 Å². The van der Waals surface area contributed by atoms with Crippen LogP contribution in [-0.2, 0) is 6.42 Å². The summed E-state index contributed by atoms with van der Waals surface area (Å²) in [7, 11) is 4.54. The molecule has 1 saturated carbocycles. The number of benzene rings is 1. The highest BCUT2D eigenvalue weighted by Crippen LogP contribution is 2.49. The normalized spacial score (nSPS) is 14.0. The van der Waals surface area contributed by atoms with E-state index in [-0.39, 0.29) is 24.0 Å². The number of rotatable bonds is 7. The fourth-order valence-electron chi connectivity index (χ4n) is 3.31. The second kappa shape index (κ2) is 8.87. The van der Waals surface area contributed by atoms with Crippen LogP contribution < -0.4 is 19.5 Å². The molecule has 0 radical (unpaired) electrons. The maximum Gasteiger partial charge on any atom is 0.338 e. The first-order chi connectivity index (χ1) is 11.1. The Bertz CT molecular complexity index is 585. The molecule has 1 aliphatic rings. The standard InChI is InChI=1S/C17H25NO5.ClH/c1-5-11-12(17(19)20)13(18-10-8-6-7-9-10)15(22-3)16(23-4)14(11)21-2;/h10,18H,5-9H2,1-4H3,(H,19,20);1H. The highest BCUT2D eigenvalue weighted by molar-refractivity contribution is 6.00. The topological polar surface area (TPSA) is 77.0 Å². The number of halogens is 1. The van der Waals surface area contributed by atoms with Gasteiger partial charge in [-0.3, -0.25) is 0 Å². The first kappa shape index (κ1) is 20.2. The second-order valence-corrected chi connectivity index (χ2v) is 5.61. The van der Waals surface area contributed by atoms with Crippen molar-refractivity contribution < 1.29 is 24.1 Å². The van der Waals surface area contributed by atoms with Crippen LogP contribution in [0.2, 0.25) is 0 Å². The third-order valence-electron chi connectivity index (χ3n) is 4.35. The van der Waals surface area contributed by atoms with Gasteiger partial charge in [-0.25, -0.2) is 4.79 Å². The summed E-state index contributed by atoms with van der Waals surface area (Å²) in [6.45, 7) is 1.90. The van der Waals surface area contributed by atoms with E-state index < -0.39 is 5.97 Å². The molecule has 0 spiro atoms. The average Bonchev–Trinajstić information content (AvgIpc) is 3.05. The van der Waals surface area contributed by atoms with Crippen LogP contribution in [0.25, 0.3) is 0 Å². The van der Waals surface area contributed by atoms with Crippen molar-refractivity contribution >= 4 is 24.1 Å². The van der Waals surface area contributed by atoms with Crippen LogP contribution in [0, 0.1) is 0 Å². The van der Waals surface area contributed by atoms with Crippen LogP contribution in [0.15, 0.2) is 0 Å². The zero-order valence-electron chi connectivity index (χ0n) is 14.6. The number of hydrogen-bond donors (Lipinski definition) is 2. The molecule has 6 nitrogen and oxygen atoms in total. The van der Waals surface area contributed by atoms with Gasteiger partial charge < -0.3 is 24.6 Å².